The highest BCUT2D eigenvalue weighted by atomic mass is 32.2. The molecule has 2 N–H and O–H groups in total. The molecule has 2 aromatic carbocycles. The van der Waals surface area contributed by atoms with Gasteiger partial charge in [-0.05, 0) is 49.1 Å². The van der Waals surface area contributed by atoms with Gasteiger partial charge in [0.05, 0.1) is 5.69 Å². The molecule has 1 aliphatic rings. The third-order valence-electron chi connectivity index (χ3n) is 3.70. The predicted octanol–water partition coefficient (Wildman–Crippen LogP) is 3.52. The van der Waals surface area contributed by atoms with Crippen LogP contribution in [0.3, 0.4) is 0 Å². The van der Waals surface area contributed by atoms with Crippen molar-refractivity contribution in [3.8, 4) is 5.75 Å². The van der Waals surface area contributed by atoms with Crippen molar-refractivity contribution in [1.29, 1.82) is 0 Å². The summed E-state index contributed by atoms with van der Waals surface area (Å²) in [7, 11) is 0. The summed E-state index contributed by atoms with van der Waals surface area (Å²) in [5.41, 5.74) is 2.94. The molecule has 0 spiro atoms. The van der Waals surface area contributed by atoms with Crippen LogP contribution in [0.15, 0.2) is 42.5 Å². The molecule has 0 aromatic heterocycles. The molecule has 3 rings (SSSR count). The molecule has 0 unspecified atom stereocenters. The van der Waals surface area contributed by atoms with E-state index in [2.05, 4.69) is 10.6 Å². The summed E-state index contributed by atoms with van der Waals surface area (Å²) in [6.45, 7) is 1.69. The highest BCUT2D eigenvalue weighted by molar-refractivity contribution is 7.97. The number of fused-ring (bicyclic) bond motifs is 1. The van der Waals surface area contributed by atoms with Crippen LogP contribution in [0.5, 0.6) is 5.75 Å². The number of carbonyl (C=O) groups is 2. The molecular formula is C18H18N2O3S. The summed E-state index contributed by atoms with van der Waals surface area (Å²) < 4.78 is 5.50. The van der Waals surface area contributed by atoms with Crippen LogP contribution in [-0.4, -0.2) is 24.2 Å². The fraction of sp³-hybridized carbons (Fsp3) is 0.222. The number of hydrogen-bond acceptors (Lipinski definition) is 4. The van der Waals surface area contributed by atoms with Gasteiger partial charge in [-0.25, -0.2) is 0 Å². The molecule has 2 amide bonds. The minimum Gasteiger partial charge on any atom is -0.479 e. The van der Waals surface area contributed by atoms with E-state index in [-0.39, 0.29) is 11.8 Å². The maximum Gasteiger partial charge on any atom is 0.265 e. The average molecular weight is 342 g/mol. The van der Waals surface area contributed by atoms with Crippen molar-refractivity contribution in [3.63, 3.8) is 0 Å². The largest absolute Gasteiger partial charge is 0.479 e. The number of amides is 2. The fourth-order valence-electron chi connectivity index (χ4n) is 2.41. The molecule has 1 aliphatic heterocycles. The average Bonchev–Trinajstić information content (AvgIpc) is 2.57. The lowest BCUT2D eigenvalue weighted by atomic mass is 10.1. The van der Waals surface area contributed by atoms with Crippen LogP contribution in [-0.2, 0) is 10.5 Å². The van der Waals surface area contributed by atoms with Crippen LogP contribution >= 0.6 is 11.8 Å². The first-order valence-electron chi connectivity index (χ1n) is 7.57. The molecule has 0 saturated heterocycles. The van der Waals surface area contributed by atoms with Crippen LogP contribution in [0.4, 0.5) is 11.4 Å². The molecule has 1 atom stereocenters. The molecule has 24 heavy (non-hydrogen) atoms. The van der Waals surface area contributed by atoms with Gasteiger partial charge in [-0.3, -0.25) is 9.59 Å². The Morgan fingerprint density at radius 2 is 2.00 bits per heavy atom. The van der Waals surface area contributed by atoms with Crippen LogP contribution in [0.1, 0.15) is 22.8 Å². The third kappa shape index (κ3) is 3.54. The lowest BCUT2D eigenvalue weighted by Gasteiger charge is -2.23. The van der Waals surface area contributed by atoms with Crippen LogP contribution < -0.4 is 15.4 Å². The van der Waals surface area contributed by atoms with E-state index in [4.69, 9.17) is 4.74 Å². The predicted molar refractivity (Wildman–Crippen MR) is 96.8 cm³/mol. The fourth-order valence-corrected chi connectivity index (χ4v) is 2.93. The summed E-state index contributed by atoms with van der Waals surface area (Å²) in [6.07, 6.45) is 1.53. The van der Waals surface area contributed by atoms with Gasteiger partial charge in [-0.2, -0.15) is 11.8 Å². The highest BCUT2D eigenvalue weighted by Gasteiger charge is 2.23. The first kappa shape index (κ1) is 16.4. The molecular weight excluding hydrogens is 324 g/mol. The van der Waals surface area contributed by atoms with Gasteiger partial charge in [0.25, 0.3) is 11.8 Å². The second-order valence-electron chi connectivity index (χ2n) is 5.54. The van der Waals surface area contributed by atoms with Crippen LogP contribution in [0.2, 0.25) is 0 Å². The Hall–Kier alpha value is -2.47. The van der Waals surface area contributed by atoms with Crippen molar-refractivity contribution >= 4 is 35.0 Å². The van der Waals surface area contributed by atoms with Gasteiger partial charge in [0.2, 0.25) is 0 Å². The highest BCUT2D eigenvalue weighted by Crippen LogP contribution is 2.32. The Morgan fingerprint density at radius 3 is 2.71 bits per heavy atom. The van der Waals surface area contributed by atoms with E-state index in [1.165, 1.54) is 5.56 Å². The van der Waals surface area contributed by atoms with E-state index in [9.17, 15) is 9.59 Å². The number of anilines is 2. The Balaban J connectivity index is 1.73. The molecule has 0 fully saturated rings. The molecule has 0 aliphatic carbocycles. The van der Waals surface area contributed by atoms with Crippen molar-refractivity contribution in [3.05, 3.63) is 53.6 Å². The Labute approximate surface area is 144 Å². The van der Waals surface area contributed by atoms with E-state index < -0.39 is 6.10 Å². The SMILES string of the molecule is CSCc1ccc(C(=O)Nc2ccc3c(c2)NC(=O)[C@@H](C)O3)cc1. The number of rotatable bonds is 4. The van der Waals surface area contributed by atoms with Crippen molar-refractivity contribution in [1.82, 2.24) is 0 Å². The first-order chi connectivity index (χ1) is 11.6. The van der Waals surface area contributed by atoms with Crippen LogP contribution in [0, 0.1) is 0 Å². The van der Waals surface area contributed by atoms with Crippen LogP contribution in [0.25, 0.3) is 0 Å². The van der Waals surface area contributed by atoms with Crippen molar-refractivity contribution in [2.75, 3.05) is 16.9 Å². The molecule has 1 heterocycles. The summed E-state index contributed by atoms with van der Waals surface area (Å²) in [5.74, 6) is 1.13. The third-order valence-corrected chi connectivity index (χ3v) is 4.32. The molecule has 0 saturated carbocycles. The monoisotopic (exact) mass is 342 g/mol. The van der Waals surface area contributed by atoms with Gasteiger partial charge in [0.15, 0.2) is 6.10 Å². The second kappa shape index (κ2) is 6.97. The summed E-state index contributed by atoms with van der Waals surface area (Å²) in [6, 6.07) is 12.7. The quantitative estimate of drug-likeness (QED) is 0.892. The zero-order valence-corrected chi connectivity index (χ0v) is 14.3. The van der Waals surface area contributed by atoms with E-state index in [1.807, 2.05) is 30.5 Å². The molecule has 6 heteroatoms. The normalized spacial score (nSPS) is 15.9. The molecule has 2 aromatic rings. The summed E-state index contributed by atoms with van der Waals surface area (Å²) >= 11 is 1.74. The number of nitrogens with one attached hydrogen (secondary N) is 2. The summed E-state index contributed by atoms with van der Waals surface area (Å²) in [5, 5.41) is 5.60. The standard InChI is InChI=1S/C18H18N2O3S/c1-11-17(21)20-15-9-14(7-8-16(15)23-11)19-18(22)13-5-3-12(4-6-13)10-24-2/h3-9,11H,10H2,1-2H3,(H,19,22)(H,20,21)/t11-/m1/s1. The Morgan fingerprint density at radius 1 is 1.25 bits per heavy atom. The number of benzene rings is 2. The first-order valence-corrected chi connectivity index (χ1v) is 8.97. The van der Waals surface area contributed by atoms with Gasteiger partial charge in [-0.15, -0.1) is 0 Å². The Kier molecular flexibility index (Phi) is 4.76. The zero-order valence-electron chi connectivity index (χ0n) is 13.5. The molecule has 5 nitrogen and oxygen atoms in total. The lowest BCUT2D eigenvalue weighted by molar-refractivity contribution is -0.122. The molecule has 0 bridgehead atoms. The van der Waals surface area contributed by atoms with Gasteiger partial charge < -0.3 is 15.4 Å². The van der Waals surface area contributed by atoms with Gasteiger partial charge in [0.1, 0.15) is 5.75 Å². The van der Waals surface area contributed by atoms with E-state index in [0.717, 1.165) is 5.75 Å². The van der Waals surface area contributed by atoms with Gasteiger partial charge in [-0.1, -0.05) is 12.1 Å². The minimum atomic E-state index is -0.516. The number of thioether (sulfide) groups is 1. The molecule has 0 radical (unpaired) electrons. The Bertz CT molecular complexity index is 774. The van der Waals surface area contributed by atoms with Gasteiger partial charge >= 0.3 is 0 Å². The van der Waals surface area contributed by atoms with Crippen molar-refractivity contribution in [2.24, 2.45) is 0 Å². The van der Waals surface area contributed by atoms with E-state index in [1.54, 1.807) is 36.9 Å². The maximum atomic E-state index is 12.3. The lowest BCUT2D eigenvalue weighted by Crippen LogP contribution is -2.34. The maximum absolute atomic E-state index is 12.3. The van der Waals surface area contributed by atoms with Crippen molar-refractivity contribution < 1.29 is 14.3 Å². The topological polar surface area (TPSA) is 67.4 Å². The number of hydrogen-bond donors (Lipinski definition) is 2. The molecule has 124 valence electrons. The smallest absolute Gasteiger partial charge is 0.265 e. The second-order valence-corrected chi connectivity index (χ2v) is 6.41. The number of ether oxygens (including phenoxy) is 1. The van der Waals surface area contributed by atoms with Gasteiger partial charge in [0, 0.05) is 17.0 Å². The van der Waals surface area contributed by atoms with E-state index in [0.29, 0.717) is 22.7 Å². The summed E-state index contributed by atoms with van der Waals surface area (Å²) in [4.78, 5) is 24.0. The number of carbonyl (C=O) groups excluding carboxylic acids is 2. The minimum absolute atomic E-state index is 0.193. The van der Waals surface area contributed by atoms with E-state index >= 15 is 0 Å². The zero-order chi connectivity index (χ0) is 17.1. The van der Waals surface area contributed by atoms with Crippen molar-refractivity contribution in [2.45, 2.75) is 18.8 Å².